The van der Waals surface area contributed by atoms with Crippen molar-refractivity contribution in [3.05, 3.63) is 380 Å². The lowest BCUT2D eigenvalue weighted by Crippen LogP contribution is -2.21. The van der Waals surface area contributed by atoms with E-state index in [-0.39, 0.29) is 32.5 Å². The molecule has 6 nitrogen and oxygen atoms in total. The first-order valence-electron chi connectivity index (χ1n) is 35.5. The molecule has 0 saturated heterocycles. The number of nitrogens with one attached hydrogen (secondary N) is 2. The predicted octanol–water partition coefficient (Wildman–Crippen LogP) is 24.5. The number of hydrogen-bond acceptors (Lipinski definition) is 4. The lowest BCUT2D eigenvalue weighted by Gasteiger charge is -2.33. The van der Waals surface area contributed by atoms with Crippen molar-refractivity contribution in [1.29, 1.82) is 0 Å². The van der Waals surface area contributed by atoms with Crippen LogP contribution in [-0.2, 0) is 21.7 Å². The molecule has 2 aromatic heterocycles. The van der Waals surface area contributed by atoms with Crippen molar-refractivity contribution in [3.8, 4) is 0 Å². The minimum Gasteiger partial charge on any atom is -0.354 e. The fourth-order valence-corrected chi connectivity index (χ4v) is 16.6. The third-order valence-electron chi connectivity index (χ3n) is 22.4. The van der Waals surface area contributed by atoms with E-state index in [2.05, 4.69) is 354 Å². The first-order chi connectivity index (χ1) is 49.5. The van der Waals surface area contributed by atoms with Crippen LogP contribution in [0.1, 0.15) is 99.9 Å². The highest BCUT2D eigenvalue weighted by atomic mass is 16.1. The molecular weight excluding hydrogens is 1240 g/mol. The van der Waals surface area contributed by atoms with E-state index in [4.69, 9.17) is 0 Å². The van der Waals surface area contributed by atoms with Gasteiger partial charge in [-0.15, -0.1) is 0 Å². The molecule has 0 saturated carbocycles. The molecular formula is C96H78N4O2. The van der Waals surface area contributed by atoms with Gasteiger partial charge in [-0.1, -0.05) is 298 Å². The number of nitrogens with zero attached hydrogens (tertiary/aromatic N) is 2. The van der Waals surface area contributed by atoms with E-state index in [0.29, 0.717) is 43.6 Å². The minimum absolute atomic E-state index is 0.139. The van der Waals surface area contributed by atoms with Gasteiger partial charge in [0.15, 0.2) is 10.9 Å². The molecule has 0 spiro atoms. The van der Waals surface area contributed by atoms with Crippen molar-refractivity contribution < 1.29 is 0 Å². The molecule has 0 amide bonds. The van der Waals surface area contributed by atoms with Crippen LogP contribution in [0.3, 0.4) is 0 Å². The second-order valence-corrected chi connectivity index (χ2v) is 29.7. The van der Waals surface area contributed by atoms with Gasteiger partial charge in [-0.25, -0.2) is 0 Å². The van der Waals surface area contributed by atoms with Crippen LogP contribution < -0.4 is 20.7 Å². The summed E-state index contributed by atoms with van der Waals surface area (Å²) in [6, 6.07) is 112. The molecule has 102 heavy (non-hydrogen) atoms. The molecule has 0 aliphatic carbocycles. The van der Waals surface area contributed by atoms with Crippen LogP contribution in [-0.4, -0.2) is 9.97 Å². The van der Waals surface area contributed by atoms with Gasteiger partial charge in [0.25, 0.3) is 0 Å². The Balaban J connectivity index is 0.831. The largest absolute Gasteiger partial charge is 0.354 e. The van der Waals surface area contributed by atoms with Gasteiger partial charge in [-0.05, 0) is 139 Å². The zero-order valence-corrected chi connectivity index (χ0v) is 58.7. The molecule has 0 bridgehead atoms. The number of fused-ring (bicyclic) bond motifs is 8. The fraction of sp³-hybridized carbons (Fsp3) is 0.125. The molecule has 0 fully saturated rings. The van der Waals surface area contributed by atoms with Crippen molar-refractivity contribution in [2.75, 3.05) is 9.80 Å². The van der Waals surface area contributed by atoms with Crippen molar-refractivity contribution in [2.45, 2.75) is 77.0 Å². The third kappa shape index (κ3) is 10.3. The molecule has 2 N–H and O–H groups in total. The number of H-pyrrole nitrogens is 2. The molecule has 17 rings (SSSR count). The molecule has 0 aliphatic heterocycles. The lowest BCUT2D eigenvalue weighted by molar-refractivity contribution is 0.647. The third-order valence-corrected chi connectivity index (χ3v) is 22.4. The van der Waals surface area contributed by atoms with E-state index in [1.54, 1.807) is 0 Å². The Bertz CT molecular complexity index is 5650. The summed E-state index contributed by atoms with van der Waals surface area (Å²) in [6.45, 7) is 18.4. The van der Waals surface area contributed by atoms with E-state index in [0.717, 1.165) is 77.2 Å². The number of hydrogen-bond donors (Lipinski definition) is 2. The molecule has 0 aliphatic rings. The van der Waals surface area contributed by atoms with Crippen molar-refractivity contribution in [1.82, 2.24) is 9.97 Å². The number of aromatic amines is 2. The van der Waals surface area contributed by atoms with Gasteiger partial charge in [-0.2, -0.15) is 0 Å². The monoisotopic (exact) mass is 1320 g/mol. The second-order valence-electron chi connectivity index (χ2n) is 29.7. The zero-order chi connectivity index (χ0) is 69.8. The fourth-order valence-electron chi connectivity index (χ4n) is 16.6. The number of pyridine rings is 2. The smallest absolute Gasteiger partial charge is 0.197 e. The standard InChI is InChI=1S/C96H78N4O2/c1-93(2,61-29-13-9-14-30-61)79-47-53-87(71-41-25-21-37-67(71)79)99(88-54-48-80(68-38-22-26-42-72(68)88)94(3,4)62-31-15-10-16-32-62)65-45-51-83-75(57-65)91(101)77-59-86-78(60-85(77)97-83)92(102)76-58-66(46-52-84(76)98-86)100(89-55-49-81(69-39-23-27-43-73(69)89)95(5,6)63-33-17-11-18-34-63)90-56-50-82(70-40-24-28-44-74(70)90)96(7,8)64-35-19-12-20-36-64/h9-60H,1-8H3,(H,97,101)(H,98,102). The highest BCUT2D eigenvalue weighted by Crippen LogP contribution is 2.51. The topological polar surface area (TPSA) is 72.2 Å². The molecule has 0 unspecified atom stereocenters. The Morgan fingerprint density at radius 3 is 0.696 bits per heavy atom. The SMILES string of the molecule is CC(C)(c1ccccc1)c1ccc(N(c2ccc3[nH]c4cc5c(=O)c6cc(N(c7ccc(C(C)(C)c8ccccc8)c8ccccc78)c7ccc(C(C)(C)c8ccccc8)c8ccccc78)ccc6[nH]c5cc4c(=O)c3c2)c2ccc(C(C)(C)c3ccccc3)c3ccccc23)c2ccccc12. The van der Waals surface area contributed by atoms with Crippen LogP contribution in [0.4, 0.5) is 34.1 Å². The molecule has 2 heterocycles. The zero-order valence-electron chi connectivity index (χ0n) is 58.7. The van der Waals surface area contributed by atoms with E-state index in [9.17, 15) is 0 Å². The summed E-state index contributed by atoms with van der Waals surface area (Å²) in [5, 5.41) is 11.0. The van der Waals surface area contributed by atoms with Crippen LogP contribution in [0.5, 0.6) is 0 Å². The Morgan fingerprint density at radius 2 is 0.441 bits per heavy atom. The summed E-state index contributed by atoms with van der Waals surface area (Å²) in [7, 11) is 0. The predicted molar refractivity (Wildman–Crippen MR) is 431 cm³/mol. The van der Waals surface area contributed by atoms with Crippen LogP contribution in [0, 0.1) is 0 Å². The molecule has 0 radical (unpaired) electrons. The van der Waals surface area contributed by atoms with E-state index in [1.165, 1.54) is 44.5 Å². The van der Waals surface area contributed by atoms with Gasteiger partial charge >= 0.3 is 0 Å². The second kappa shape index (κ2) is 24.4. The average Bonchev–Trinajstić information content (AvgIpc) is 0.739. The van der Waals surface area contributed by atoms with Crippen LogP contribution >= 0.6 is 0 Å². The van der Waals surface area contributed by atoms with Gasteiger partial charge in [0.05, 0.1) is 33.8 Å². The Labute approximate surface area is 594 Å². The van der Waals surface area contributed by atoms with E-state index >= 15 is 9.59 Å². The Kier molecular flexibility index (Phi) is 15.1. The Morgan fingerprint density at radius 1 is 0.216 bits per heavy atom. The molecule has 494 valence electrons. The van der Waals surface area contributed by atoms with Crippen LogP contribution in [0.25, 0.3) is 86.7 Å². The van der Waals surface area contributed by atoms with Crippen LogP contribution in [0.15, 0.2) is 325 Å². The maximum absolute atomic E-state index is 15.7. The lowest BCUT2D eigenvalue weighted by atomic mass is 9.75. The number of benzene rings is 15. The summed E-state index contributed by atoms with van der Waals surface area (Å²) in [4.78, 5) is 43.4. The summed E-state index contributed by atoms with van der Waals surface area (Å²) in [5.41, 5.74) is 16.3. The minimum atomic E-state index is -0.321. The molecule has 6 heteroatoms. The van der Waals surface area contributed by atoms with E-state index in [1.807, 2.05) is 36.4 Å². The summed E-state index contributed by atoms with van der Waals surface area (Å²) >= 11 is 0. The first-order valence-corrected chi connectivity index (χ1v) is 35.5. The highest BCUT2D eigenvalue weighted by Gasteiger charge is 2.33. The number of aromatic nitrogens is 2. The van der Waals surface area contributed by atoms with Gasteiger partial charge < -0.3 is 19.8 Å². The van der Waals surface area contributed by atoms with Crippen molar-refractivity contribution in [2.24, 2.45) is 0 Å². The molecule has 15 aromatic carbocycles. The number of anilines is 6. The van der Waals surface area contributed by atoms with Crippen LogP contribution in [0.2, 0.25) is 0 Å². The van der Waals surface area contributed by atoms with Gasteiger partial charge in [0.1, 0.15) is 0 Å². The normalized spacial score (nSPS) is 12.4. The molecule has 0 atom stereocenters. The molecule has 17 aromatic rings. The maximum atomic E-state index is 15.7. The first kappa shape index (κ1) is 63.3. The maximum Gasteiger partial charge on any atom is 0.197 e. The average molecular weight is 1320 g/mol. The van der Waals surface area contributed by atoms with E-state index < -0.39 is 0 Å². The summed E-state index contributed by atoms with van der Waals surface area (Å²) < 4.78 is 0. The van der Waals surface area contributed by atoms with Gasteiger partial charge in [0, 0.05) is 87.2 Å². The van der Waals surface area contributed by atoms with Gasteiger partial charge in [0.2, 0.25) is 0 Å². The highest BCUT2D eigenvalue weighted by molar-refractivity contribution is 6.11. The van der Waals surface area contributed by atoms with Crippen molar-refractivity contribution >= 4 is 121 Å². The summed E-state index contributed by atoms with van der Waals surface area (Å²) in [6.07, 6.45) is 0. The van der Waals surface area contributed by atoms with Gasteiger partial charge in [-0.3, -0.25) is 9.59 Å². The number of rotatable bonds is 14. The Hall–Kier alpha value is -12.1. The quantitative estimate of drug-likeness (QED) is 0.106. The summed E-state index contributed by atoms with van der Waals surface area (Å²) in [5.74, 6) is 0. The van der Waals surface area contributed by atoms with Crippen molar-refractivity contribution in [3.63, 3.8) is 0 Å².